The van der Waals surface area contributed by atoms with Gasteiger partial charge in [-0.05, 0) is 24.2 Å². The molecule has 1 aliphatic carbocycles. The summed E-state index contributed by atoms with van der Waals surface area (Å²) in [6.45, 7) is 7.60. The molecular formula is C15H26N4. The lowest BCUT2D eigenvalue weighted by Crippen LogP contribution is -2.29. The number of aromatic nitrogens is 2. The Balaban J connectivity index is 2.09. The minimum Gasteiger partial charge on any atom is -0.383 e. The van der Waals surface area contributed by atoms with Gasteiger partial charge in [-0.1, -0.05) is 40.0 Å². The predicted molar refractivity (Wildman–Crippen MR) is 80.2 cm³/mol. The Bertz CT molecular complexity index is 422. The molecule has 1 aromatic rings. The van der Waals surface area contributed by atoms with Gasteiger partial charge in [-0.25, -0.2) is 9.97 Å². The molecule has 1 fully saturated rings. The maximum Gasteiger partial charge on any atom is 0.134 e. The molecule has 4 nitrogen and oxygen atoms in total. The largest absolute Gasteiger partial charge is 0.383 e. The minimum absolute atomic E-state index is 0.336. The van der Waals surface area contributed by atoms with Crippen molar-refractivity contribution in [2.75, 3.05) is 17.6 Å². The predicted octanol–water partition coefficient (Wildman–Crippen LogP) is 3.56. The first-order valence-electron chi connectivity index (χ1n) is 7.36. The lowest BCUT2D eigenvalue weighted by molar-refractivity contribution is 0.233. The van der Waals surface area contributed by atoms with Crippen LogP contribution in [0.25, 0.3) is 0 Å². The Labute approximate surface area is 116 Å². The Morgan fingerprint density at radius 3 is 2.58 bits per heavy atom. The van der Waals surface area contributed by atoms with E-state index in [2.05, 4.69) is 36.1 Å². The van der Waals surface area contributed by atoms with Gasteiger partial charge in [0.15, 0.2) is 0 Å². The number of hydrogen-bond donors (Lipinski definition) is 2. The van der Waals surface area contributed by atoms with Crippen LogP contribution in [0.5, 0.6) is 0 Å². The molecule has 1 saturated carbocycles. The van der Waals surface area contributed by atoms with Gasteiger partial charge >= 0.3 is 0 Å². The van der Waals surface area contributed by atoms with Crippen LogP contribution in [0.1, 0.15) is 64.4 Å². The lowest BCUT2D eigenvalue weighted by Gasteiger charge is -2.34. The molecule has 1 aromatic heterocycles. The molecule has 0 amide bonds. The Morgan fingerprint density at radius 2 is 1.95 bits per heavy atom. The average Bonchev–Trinajstić information content (AvgIpc) is 2.37. The first-order chi connectivity index (χ1) is 9.02. The van der Waals surface area contributed by atoms with Gasteiger partial charge in [0.05, 0.1) is 0 Å². The minimum atomic E-state index is 0.336. The number of nitrogens with one attached hydrogen (secondary N) is 1. The summed E-state index contributed by atoms with van der Waals surface area (Å²) in [4.78, 5) is 8.47. The van der Waals surface area contributed by atoms with Crippen LogP contribution >= 0.6 is 0 Å². The SMILES string of the molecule is CC(C)c1c(N)ncnc1NCC1(C)CCCCC1. The van der Waals surface area contributed by atoms with Crippen LogP contribution in [0.3, 0.4) is 0 Å². The summed E-state index contributed by atoms with van der Waals surface area (Å²) < 4.78 is 0. The molecule has 0 saturated heterocycles. The molecule has 0 aromatic carbocycles. The standard InChI is InChI=1S/C15H26N4/c1-11(2)12-13(16)18-10-19-14(12)17-9-15(3)7-5-4-6-8-15/h10-11H,4-9H2,1-3H3,(H3,16,17,18,19). The molecule has 0 aliphatic heterocycles. The highest BCUT2D eigenvalue weighted by molar-refractivity contribution is 5.56. The summed E-state index contributed by atoms with van der Waals surface area (Å²) in [5, 5.41) is 3.51. The van der Waals surface area contributed by atoms with Crippen molar-refractivity contribution in [3.8, 4) is 0 Å². The van der Waals surface area contributed by atoms with Crippen molar-refractivity contribution in [1.82, 2.24) is 9.97 Å². The van der Waals surface area contributed by atoms with Crippen LogP contribution in [0.4, 0.5) is 11.6 Å². The van der Waals surface area contributed by atoms with Crippen LogP contribution in [-0.2, 0) is 0 Å². The van der Waals surface area contributed by atoms with Crippen molar-refractivity contribution in [3.05, 3.63) is 11.9 Å². The number of nitrogens with zero attached hydrogens (tertiary/aromatic N) is 2. The van der Waals surface area contributed by atoms with E-state index in [0.29, 0.717) is 17.2 Å². The maximum atomic E-state index is 5.97. The first kappa shape index (κ1) is 14.1. The second kappa shape index (κ2) is 5.76. The zero-order chi connectivity index (χ0) is 13.9. The van der Waals surface area contributed by atoms with Crippen molar-refractivity contribution in [1.29, 1.82) is 0 Å². The third-order valence-electron chi connectivity index (χ3n) is 4.24. The summed E-state index contributed by atoms with van der Waals surface area (Å²) in [5.74, 6) is 1.85. The van der Waals surface area contributed by atoms with Crippen molar-refractivity contribution in [2.24, 2.45) is 5.41 Å². The number of rotatable bonds is 4. The van der Waals surface area contributed by atoms with E-state index in [4.69, 9.17) is 5.73 Å². The molecule has 106 valence electrons. The van der Waals surface area contributed by atoms with Gasteiger partial charge in [0.25, 0.3) is 0 Å². The lowest BCUT2D eigenvalue weighted by atomic mass is 9.76. The smallest absolute Gasteiger partial charge is 0.134 e. The highest BCUT2D eigenvalue weighted by Crippen LogP contribution is 2.36. The van der Waals surface area contributed by atoms with E-state index < -0.39 is 0 Å². The van der Waals surface area contributed by atoms with E-state index in [0.717, 1.165) is 17.9 Å². The second-order valence-electron chi connectivity index (χ2n) is 6.40. The first-order valence-corrected chi connectivity index (χ1v) is 7.36. The molecule has 0 radical (unpaired) electrons. The highest BCUT2D eigenvalue weighted by atomic mass is 15.0. The summed E-state index contributed by atoms with van der Waals surface area (Å²) in [7, 11) is 0. The monoisotopic (exact) mass is 262 g/mol. The summed E-state index contributed by atoms with van der Waals surface area (Å²) in [6.07, 6.45) is 8.23. The van der Waals surface area contributed by atoms with Crippen LogP contribution in [0.15, 0.2) is 6.33 Å². The van der Waals surface area contributed by atoms with Crippen molar-refractivity contribution in [2.45, 2.75) is 58.8 Å². The van der Waals surface area contributed by atoms with Crippen molar-refractivity contribution in [3.63, 3.8) is 0 Å². The molecule has 1 heterocycles. The van der Waals surface area contributed by atoms with Crippen LogP contribution in [0.2, 0.25) is 0 Å². The fourth-order valence-electron chi connectivity index (χ4n) is 3.00. The fourth-order valence-corrected chi connectivity index (χ4v) is 3.00. The van der Waals surface area contributed by atoms with Crippen LogP contribution in [-0.4, -0.2) is 16.5 Å². The third kappa shape index (κ3) is 3.37. The number of anilines is 2. The van der Waals surface area contributed by atoms with E-state index >= 15 is 0 Å². The second-order valence-corrected chi connectivity index (χ2v) is 6.40. The van der Waals surface area contributed by atoms with Gasteiger partial charge in [0.2, 0.25) is 0 Å². The molecule has 2 rings (SSSR count). The van der Waals surface area contributed by atoms with Gasteiger partial charge in [0.1, 0.15) is 18.0 Å². The average molecular weight is 262 g/mol. The maximum absolute atomic E-state index is 5.97. The molecule has 1 aliphatic rings. The van der Waals surface area contributed by atoms with Gasteiger partial charge < -0.3 is 11.1 Å². The van der Waals surface area contributed by atoms with Crippen LogP contribution in [0, 0.1) is 5.41 Å². The van der Waals surface area contributed by atoms with E-state index in [1.807, 2.05) is 0 Å². The third-order valence-corrected chi connectivity index (χ3v) is 4.24. The number of hydrogen-bond acceptors (Lipinski definition) is 4. The molecule has 0 unspecified atom stereocenters. The van der Waals surface area contributed by atoms with Crippen LogP contribution < -0.4 is 11.1 Å². The van der Waals surface area contributed by atoms with E-state index in [-0.39, 0.29) is 0 Å². The molecule has 0 bridgehead atoms. The molecular weight excluding hydrogens is 236 g/mol. The van der Waals surface area contributed by atoms with Gasteiger partial charge in [-0.3, -0.25) is 0 Å². The number of nitrogen functional groups attached to an aromatic ring is 1. The fraction of sp³-hybridized carbons (Fsp3) is 0.733. The Kier molecular flexibility index (Phi) is 4.27. The zero-order valence-electron chi connectivity index (χ0n) is 12.4. The van der Waals surface area contributed by atoms with E-state index in [9.17, 15) is 0 Å². The summed E-state index contributed by atoms with van der Waals surface area (Å²) in [6, 6.07) is 0. The topological polar surface area (TPSA) is 63.8 Å². The van der Waals surface area contributed by atoms with Crippen molar-refractivity contribution >= 4 is 11.6 Å². The Hall–Kier alpha value is -1.32. The number of nitrogens with two attached hydrogens (primary N) is 1. The summed E-state index contributed by atoms with van der Waals surface area (Å²) in [5.41, 5.74) is 7.41. The molecule has 4 heteroatoms. The Morgan fingerprint density at radius 1 is 1.26 bits per heavy atom. The zero-order valence-corrected chi connectivity index (χ0v) is 12.4. The van der Waals surface area contributed by atoms with Gasteiger partial charge in [-0.15, -0.1) is 0 Å². The molecule has 3 N–H and O–H groups in total. The normalized spacial score (nSPS) is 18.5. The van der Waals surface area contributed by atoms with Gasteiger partial charge in [0, 0.05) is 12.1 Å². The molecule has 0 atom stereocenters. The van der Waals surface area contributed by atoms with E-state index in [1.54, 1.807) is 6.33 Å². The molecule has 0 spiro atoms. The van der Waals surface area contributed by atoms with Crippen molar-refractivity contribution < 1.29 is 0 Å². The van der Waals surface area contributed by atoms with Gasteiger partial charge in [-0.2, -0.15) is 0 Å². The van der Waals surface area contributed by atoms with E-state index in [1.165, 1.54) is 32.1 Å². The quantitative estimate of drug-likeness (QED) is 0.870. The molecule has 19 heavy (non-hydrogen) atoms. The summed E-state index contributed by atoms with van der Waals surface area (Å²) >= 11 is 0. The highest BCUT2D eigenvalue weighted by Gasteiger charge is 2.27.